The normalized spacial score (nSPS) is 19.7. The number of carbonyl (C=O) groups is 3. The summed E-state index contributed by atoms with van der Waals surface area (Å²) in [7, 11) is 0. The average molecular weight is 980 g/mol. The highest BCUT2D eigenvalue weighted by molar-refractivity contribution is 7.15. The number of rotatable bonds is 15. The van der Waals surface area contributed by atoms with Gasteiger partial charge in [-0.3, -0.25) is 28.8 Å². The maximum Gasteiger partial charge on any atom is 0.254 e. The second-order valence-corrected chi connectivity index (χ2v) is 20.7. The molecule has 0 bridgehead atoms. The lowest BCUT2D eigenvalue weighted by atomic mass is 9.91. The number of likely N-dealkylation sites (tertiary alicyclic amines) is 2. The molecule has 0 radical (unpaired) electrons. The van der Waals surface area contributed by atoms with Gasteiger partial charge in [0.15, 0.2) is 11.6 Å². The number of thiophene rings is 1. The molecule has 19 heteroatoms. The number of aliphatic hydroxyl groups is 1. The van der Waals surface area contributed by atoms with Crippen LogP contribution in [0.15, 0.2) is 69.6 Å². The molecule has 2 fully saturated rings. The Bertz CT molecular complexity index is 2830. The number of hydrogen-bond acceptors (Lipinski definition) is 14. The van der Waals surface area contributed by atoms with Gasteiger partial charge in [0.1, 0.15) is 35.4 Å². The van der Waals surface area contributed by atoms with Gasteiger partial charge in [0.25, 0.3) is 5.88 Å². The van der Waals surface area contributed by atoms with Crippen molar-refractivity contribution in [2.24, 2.45) is 10.9 Å². The fourth-order valence-corrected chi connectivity index (χ4v) is 11.5. The number of nitrogens with zero attached hydrogens (tertiary/aromatic N) is 8. The Balaban J connectivity index is 0.776. The lowest BCUT2D eigenvalue weighted by Crippen LogP contribution is -2.48. The fourth-order valence-electron chi connectivity index (χ4n) is 9.39. The molecule has 16 nitrogen and oxygen atoms in total. The minimum atomic E-state index is -0.836. The number of fused-ring (bicyclic) bond motifs is 3. The average Bonchev–Trinajstić information content (AvgIpc) is 4.19. The van der Waals surface area contributed by atoms with Crippen molar-refractivity contribution in [3.63, 3.8) is 0 Å². The molecule has 2 saturated heterocycles. The molecular formula is C49H55ClN10O6S2. The number of ether oxygens (including phenoxy) is 1. The van der Waals surface area contributed by atoms with Crippen LogP contribution in [0.2, 0.25) is 5.02 Å². The molecule has 68 heavy (non-hydrogen) atoms. The van der Waals surface area contributed by atoms with E-state index in [1.165, 1.54) is 9.78 Å². The summed E-state index contributed by atoms with van der Waals surface area (Å²) in [5.74, 6) is 0.227. The molecule has 6 aromatic rings. The Morgan fingerprint density at radius 1 is 1.01 bits per heavy atom. The van der Waals surface area contributed by atoms with Crippen molar-refractivity contribution in [1.82, 2.24) is 45.3 Å². The molecule has 4 aromatic heterocycles. The van der Waals surface area contributed by atoms with Crippen LogP contribution in [-0.4, -0.2) is 114 Å². The molecule has 3 amide bonds. The third-order valence-corrected chi connectivity index (χ3v) is 15.5. The number of benzene rings is 2. The van der Waals surface area contributed by atoms with Crippen LogP contribution >= 0.6 is 34.3 Å². The maximum atomic E-state index is 14.2. The summed E-state index contributed by atoms with van der Waals surface area (Å²) in [6.07, 6.45) is 0.181. The molecular weight excluding hydrogens is 924 g/mol. The summed E-state index contributed by atoms with van der Waals surface area (Å²) in [4.78, 5) is 57.0. The van der Waals surface area contributed by atoms with Gasteiger partial charge in [-0.25, -0.2) is 4.98 Å². The summed E-state index contributed by atoms with van der Waals surface area (Å²) < 4.78 is 13.8. The third kappa shape index (κ3) is 9.87. The topological polar surface area (TPSA) is 193 Å². The Labute approximate surface area is 407 Å². The minimum absolute atomic E-state index is 0.0375. The van der Waals surface area contributed by atoms with Crippen LogP contribution in [0.5, 0.6) is 5.88 Å². The summed E-state index contributed by atoms with van der Waals surface area (Å²) in [6, 6.07) is 15.8. The van der Waals surface area contributed by atoms with Crippen molar-refractivity contribution in [2.45, 2.75) is 97.5 Å². The molecule has 3 aliphatic rings. The van der Waals surface area contributed by atoms with Gasteiger partial charge in [-0.1, -0.05) is 61.8 Å². The van der Waals surface area contributed by atoms with Gasteiger partial charge < -0.3 is 29.9 Å². The maximum absolute atomic E-state index is 14.2. The quantitative estimate of drug-likeness (QED) is 0.0970. The molecule has 0 aliphatic carbocycles. The van der Waals surface area contributed by atoms with Gasteiger partial charge >= 0.3 is 0 Å². The van der Waals surface area contributed by atoms with Crippen LogP contribution in [0.1, 0.15) is 95.3 Å². The molecule has 2 aromatic carbocycles. The van der Waals surface area contributed by atoms with Crippen LogP contribution in [-0.2, 0) is 20.9 Å². The number of thiazole rings is 1. The number of carbonyl (C=O) groups excluding carboxylic acids is 3. The smallest absolute Gasteiger partial charge is 0.254 e. The highest BCUT2D eigenvalue weighted by atomic mass is 35.5. The first-order valence-electron chi connectivity index (χ1n) is 23.0. The number of aromatic nitrogens is 5. The van der Waals surface area contributed by atoms with Crippen molar-refractivity contribution >= 4 is 57.7 Å². The minimum Gasteiger partial charge on any atom is -0.474 e. The largest absolute Gasteiger partial charge is 0.474 e. The first kappa shape index (κ1) is 47.3. The molecule has 3 aliphatic heterocycles. The number of halogens is 1. The molecule has 3 N–H and O–H groups in total. The van der Waals surface area contributed by atoms with Crippen LogP contribution < -0.4 is 15.4 Å². The number of hydrogen-bond donors (Lipinski definition) is 3. The monoisotopic (exact) mass is 978 g/mol. The first-order chi connectivity index (χ1) is 32.7. The van der Waals surface area contributed by atoms with Gasteiger partial charge in [-0.2, -0.15) is 0 Å². The van der Waals surface area contributed by atoms with Gasteiger partial charge in [-0.05, 0) is 74.0 Å². The van der Waals surface area contributed by atoms with E-state index in [4.69, 9.17) is 25.9 Å². The van der Waals surface area contributed by atoms with E-state index >= 15 is 0 Å². The lowest BCUT2D eigenvalue weighted by Gasteiger charge is -2.28. The summed E-state index contributed by atoms with van der Waals surface area (Å²) in [6.45, 7) is 14.5. The van der Waals surface area contributed by atoms with Crippen molar-refractivity contribution in [3.05, 3.63) is 115 Å². The Kier molecular flexibility index (Phi) is 13.9. The van der Waals surface area contributed by atoms with Crippen LogP contribution in [0.4, 0.5) is 0 Å². The Hall–Kier alpha value is -5.79. The zero-order valence-corrected chi connectivity index (χ0v) is 41.3. The zero-order chi connectivity index (χ0) is 47.8. The summed E-state index contributed by atoms with van der Waals surface area (Å²) in [5.41, 5.74) is 8.63. The van der Waals surface area contributed by atoms with Crippen molar-refractivity contribution < 1.29 is 28.8 Å². The van der Waals surface area contributed by atoms with Gasteiger partial charge in [0.2, 0.25) is 17.7 Å². The summed E-state index contributed by atoms with van der Waals surface area (Å²) >= 11 is 9.53. The van der Waals surface area contributed by atoms with Crippen molar-refractivity contribution in [3.8, 4) is 21.3 Å². The van der Waals surface area contributed by atoms with Gasteiger partial charge in [0, 0.05) is 72.3 Å². The predicted molar refractivity (Wildman–Crippen MR) is 261 cm³/mol. The summed E-state index contributed by atoms with van der Waals surface area (Å²) in [5, 5.41) is 31.6. The van der Waals surface area contributed by atoms with E-state index in [1.54, 1.807) is 28.7 Å². The van der Waals surface area contributed by atoms with E-state index in [2.05, 4.69) is 49.7 Å². The lowest BCUT2D eigenvalue weighted by molar-refractivity contribution is -0.141. The number of β-amino-alcohol motifs (C(OH)–C–C–N with tert-alkyl or cyclic N) is 1. The van der Waals surface area contributed by atoms with E-state index in [1.807, 2.05) is 86.3 Å². The van der Waals surface area contributed by atoms with Crippen molar-refractivity contribution in [1.29, 1.82) is 0 Å². The van der Waals surface area contributed by atoms with E-state index in [0.29, 0.717) is 36.3 Å². The van der Waals surface area contributed by atoms with Crippen molar-refractivity contribution in [2.75, 3.05) is 32.8 Å². The predicted octanol–water partition coefficient (Wildman–Crippen LogP) is 6.90. The third-order valence-electron chi connectivity index (χ3n) is 13.1. The first-order valence-corrected chi connectivity index (χ1v) is 25.0. The molecule has 9 rings (SSSR count). The second kappa shape index (κ2) is 20.0. The van der Waals surface area contributed by atoms with E-state index in [-0.39, 0.29) is 61.5 Å². The molecule has 5 atom stereocenters. The number of amides is 3. The molecule has 0 unspecified atom stereocenters. The van der Waals surface area contributed by atoms with Crippen LogP contribution in [0.25, 0.3) is 15.4 Å². The van der Waals surface area contributed by atoms with E-state index < -0.39 is 24.1 Å². The standard InChI is InChI=1S/C49H55ClN10O6S2/c1-26(2)42(48(64)59-24-36(61)19-38(59)47(63)51-22-31-7-9-33(10-8-31)45-28(4)52-25-67-45)39-21-41(57-66-39)65-18-17-58-16-15-35(23-58)53-40(62)20-37-46-56-55-30(6)60(46)49-43(27(3)29(5)68-49)44(54-37)32-11-13-34(50)14-12-32/h7-14,21,25-26,35-38,42,61H,15-20,22-24H2,1-6H3,(H,51,63)(H,53,62)/t35-,36+,37-,38-,42-/m0/s1. The van der Waals surface area contributed by atoms with Crippen LogP contribution in [0, 0.1) is 33.6 Å². The van der Waals surface area contributed by atoms with Gasteiger partial charge in [-0.15, -0.1) is 32.9 Å². The number of aliphatic hydroxyl groups excluding tert-OH is 1. The van der Waals surface area contributed by atoms with E-state index in [9.17, 15) is 19.5 Å². The zero-order valence-electron chi connectivity index (χ0n) is 38.9. The molecule has 0 saturated carbocycles. The Morgan fingerprint density at radius 2 is 1.78 bits per heavy atom. The Morgan fingerprint density at radius 3 is 2.51 bits per heavy atom. The van der Waals surface area contributed by atoms with Crippen LogP contribution in [0.3, 0.4) is 0 Å². The molecule has 7 heterocycles. The fraction of sp³-hybridized carbons (Fsp3) is 0.429. The van der Waals surface area contributed by atoms with Gasteiger partial charge in [0.05, 0.1) is 34.3 Å². The SMILES string of the molecule is Cc1ncsc1-c1ccc(CNC(=O)[C@@H]2C[C@@H](O)CN2C(=O)[C@H](c2cc(OCCN3CC[C@H](NC(=O)C[C@@H]4N=C(c5ccc(Cl)cc5)c5c(sc(C)c5C)-n5c(C)nnc54)C3)no2)C(C)C)cc1. The number of nitrogens with one attached hydrogen (secondary N) is 2. The molecule has 356 valence electrons. The highest BCUT2D eigenvalue weighted by Gasteiger charge is 2.43. The number of aryl methyl sites for hydroxylation is 3. The molecule has 0 spiro atoms. The number of aliphatic imine (C=N–C) groups is 1. The van der Waals surface area contributed by atoms with E-state index in [0.717, 1.165) is 67.9 Å². The highest BCUT2D eigenvalue weighted by Crippen LogP contribution is 2.40. The second-order valence-electron chi connectivity index (χ2n) is 18.2.